The van der Waals surface area contributed by atoms with Gasteiger partial charge in [0, 0.05) is 5.69 Å². The van der Waals surface area contributed by atoms with Crippen LogP contribution < -0.4 is 11.1 Å². The summed E-state index contributed by atoms with van der Waals surface area (Å²) in [6.45, 7) is 0. The molecule has 0 fully saturated rings. The van der Waals surface area contributed by atoms with E-state index in [4.69, 9.17) is 21.7 Å². The molecule has 0 saturated carbocycles. The molecule has 8 heteroatoms. The SMILES string of the molecule is NC(=Nc1ccccc1)Nc1ccccc1.[O]=[Cr](=[O])([OH])[OH]. The summed E-state index contributed by atoms with van der Waals surface area (Å²) < 4.78 is 31.9. The summed E-state index contributed by atoms with van der Waals surface area (Å²) in [6, 6.07) is 19.3. The number of guanidine groups is 1. The Morgan fingerprint density at radius 3 is 1.86 bits per heavy atom. The Hall–Kier alpha value is -2.24. The van der Waals surface area contributed by atoms with Gasteiger partial charge in [-0.25, -0.2) is 4.99 Å². The molecule has 2 aromatic rings. The molecule has 112 valence electrons. The van der Waals surface area contributed by atoms with Crippen molar-refractivity contribution in [1.82, 2.24) is 0 Å². The van der Waals surface area contributed by atoms with E-state index in [1.54, 1.807) is 0 Å². The first-order valence-corrected chi connectivity index (χ1v) is 7.94. The van der Waals surface area contributed by atoms with Crippen LogP contribution in [-0.4, -0.2) is 14.3 Å². The zero-order chi connectivity index (χ0) is 15.7. The molecule has 0 bridgehead atoms. The third-order valence-corrected chi connectivity index (χ3v) is 2.05. The molecular formula is C13H15CrN3O4. The molecule has 5 N–H and O–H groups in total. The van der Waals surface area contributed by atoms with E-state index < -0.39 is 13.6 Å². The molecule has 0 amide bonds. The van der Waals surface area contributed by atoms with Crippen LogP contribution in [0.2, 0.25) is 0 Å². The Bertz CT molecular complexity index is 665. The maximum atomic E-state index is 8.82. The molecule has 0 spiro atoms. The Kier molecular flexibility index (Phi) is 6.52. The number of nitrogens with one attached hydrogen (secondary N) is 1. The number of rotatable bonds is 2. The Balaban J connectivity index is 0.000000383. The van der Waals surface area contributed by atoms with Crippen LogP contribution in [0.3, 0.4) is 0 Å². The van der Waals surface area contributed by atoms with Crippen LogP contribution in [0.1, 0.15) is 0 Å². The van der Waals surface area contributed by atoms with Crippen molar-refractivity contribution < 1.29 is 29.5 Å². The van der Waals surface area contributed by atoms with Gasteiger partial charge in [-0.2, -0.15) is 0 Å². The second kappa shape index (κ2) is 8.14. The molecule has 0 aliphatic rings. The van der Waals surface area contributed by atoms with Crippen molar-refractivity contribution in [3.05, 3.63) is 60.7 Å². The summed E-state index contributed by atoms with van der Waals surface area (Å²) in [7, 11) is 0. The van der Waals surface area contributed by atoms with Gasteiger partial charge in [0.05, 0.1) is 5.69 Å². The number of benzene rings is 2. The average molecular weight is 329 g/mol. The van der Waals surface area contributed by atoms with Gasteiger partial charge in [0.2, 0.25) is 0 Å². The van der Waals surface area contributed by atoms with Gasteiger partial charge >= 0.3 is 29.5 Å². The fourth-order valence-electron chi connectivity index (χ4n) is 1.34. The van der Waals surface area contributed by atoms with E-state index in [0.29, 0.717) is 5.96 Å². The van der Waals surface area contributed by atoms with Gasteiger partial charge in [0.1, 0.15) is 0 Å². The number of hydrogen-bond donors (Lipinski definition) is 4. The van der Waals surface area contributed by atoms with Crippen molar-refractivity contribution >= 4 is 17.3 Å². The second-order valence-corrected chi connectivity index (χ2v) is 5.17. The molecule has 0 saturated heterocycles. The van der Waals surface area contributed by atoms with Crippen LogP contribution in [-0.2, 0) is 21.2 Å². The third kappa shape index (κ3) is 9.32. The van der Waals surface area contributed by atoms with E-state index in [1.807, 2.05) is 60.7 Å². The van der Waals surface area contributed by atoms with Crippen molar-refractivity contribution in [3.63, 3.8) is 0 Å². The number of anilines is 1. The molecule has 0 unspecified atom stereocenters. The molecule has 2 aromatic carbocycles. The molecule has 0 aromatic heterocycles. The molecule has 0 radical (unpaired) electrons. The van der Waals surface area contributed by atoms with Gasteiger partial charge < -0.3 is 11.1 Å². The first-order valence-electron chi connectivity index (χ1n) is 5.76. The predicted octanol–water partition coefficient (Wildman–Crippen LogP) is 1.39. The molecule has 7 nitrogen and oxygen atoms in total. The summed E-state index contributed by atoms with van der Waals surface area (Å²) in [4.78, 5) is 4.24. The molecular weight excluding hydrogens is 314 g/mol. The minimum absolute atomic E-state index is 0.386. The van der Waals surface area contributed by atoms with Gasteiger partial charge in [-0.15, -0.1) is 0 Å². The summed E-state index contributed by atoms with van der Waals surface area (Å²) in [5.41, 5.74) is 7.54. The zero-order valence-electron chi connectivity index (χ0n) is 10.9. The Labute approximate surface area is 124 Å². The van der Waals surface area contributed by atoms with Crippen molar-refractivity contribution in [2.45, 2.75) is 0 Å². The van der Waals surface area contributed by atoms with E-state index >= 15 is 0 Å². The maximum absolute atomic E-state index is 8.82. The van der Waals surface area contributed by atoms with Gasteiger partial charge in [-0.05, 0) is 24.3 Å². The van der Waals surface area contributed by atoms with Crippen LogP contribution >= 0.6 is 0 Å². The standard InChI is InChI=1S/C13H13N3.Cr.2H2O.2O/c14-13(15-11-7-3-1-4-8-11)16-12-9-5-2-6-10-12;;;;;/h1-10H,(H3,14,15,16);;2*1H2;;/q;+2;;;;/p-2. The fourth-order valence-corrected chi connectivity index (χ4v) is 1.34. The first kappa shape index (κ1) is 16.8. The monoisotopic (exact) mass is 329 g/mol. The molecule has 0 aliphatic heterocycles. The van der Waals surface area contributed by atoms with E-state index in [0.717, 1.165) is 11.4 Å². The van der Waals surface area contributed by atoms with Crippen molar-refractivity contribution in [1.29, 1.82) is 0 Å². The Morgan fingerprint density at radius 2 is 1.38 bits per heavy atom. The number of aliphatic imine (C=N–C) groups is 1. The Morgan fingerprint density at radius 1 is 0.952 bits per heavy atom. The van der Waals surface area contributed by atoms with Crippen molar-refractivity contribution in [3.8, 4) is 0 Å². The van der Waals surface area contributed by atoms with Crippen molar-refractivity contribution in [2.75, 3.05) is 5.32 Å². The number of nitrogens with two attached hydrogens (primary N) is 1. The fraction of sp³-hybridized carbons (Fsp3) is 0. The van der Waals surface area contributed by atoms with E-state index in [1.165, 1.54) is 0 Å². The van der Waals surface area contributed by atoms with Gasteiger partial charge in [-0.3, -0.25) is 0 Å². The van der Waals surface area contributed by atoms with Crippen LogP contribution in [0.5, 0.6) is 0 Å². The molecule has 0 aliphatic carbocycles. The van der Waals surface area contributed by atoms with E-state index in [9.17, 15) is 0 Å². The summed E-state index contributed by atoms with van der Waals surface area (Å²) in [5, 5.41) is 3.02. The van der Waals surface area contributed by atoms with Gasteiger partial charge in [0.15, 0.2) is 5.96 Å². The van der Waals surface area contributed by atoms with Crippen LogP contribution in [0, 0.1) is 0 Å². The van der Waals surface area contributed by atoms with Gasteiger partial charge in [-0.1, -0.05) is 36.4 Å². The molecule has 0 atom stereocenters. The predicted molar refractivity (Wildman–Crippen MR) is 73.6 cm³/mol. The molecule has 21 heavy (non-hydrogen) atoms. The minimum atomic E-state index is -5.25. The number of hydrogen-bond acceptors (Lipinski definition) is 3. The normalized spacial score (nSPS) is 11.2. The summed E-state index contributed by atoms with van der Waals surface area (Å²) >= 11 is -5.25. The van der Waals surface area contributed by atoms with E-state index in [-0.39, 0.29) is 0 Å². The van der Waals surface area contributed by atoms with Crippen LogP contribution in [0.15, 0.2) is 65.7 Å². The summed E-state index contributed by atoms with van der Waals surface area (Å²) in [6.07, 6.45) is 0. The summed E-state index contributed by atoms with van der Waals surface area (Å²) in [5.74, 6) is 0.386. The third-order valence-electron chi connectivity index (χ3n) is 2.05. The number of para-hydroxylation sites is 2. The van der Waals surface area contributed by atoms with Crippen LogP contribution in [0.25, 0.3) is 0 Å². The van der Waals surface area contributed by atoms with Crippen molar-refractivity contribution in [2.24, 2.45) is 10.7 Å². The quantitative estimate of drug-likeness (QED) is 0.487. The first-order chi connectivity index (χ1) is 9.84. The zero-order valence-corrected chi connectivity index (χ0v) is 12.2. The van der Waals surface area contributed by atoms with E-state index in [2.05, 4.69) is 10.3 Å². The molecule has 0 heterocycles. The van der Waals surface area contributed by atoms with Gasteiger partial charge in [0.25, 0.3) is 0 Å². The topological polar surface area (TPSA) is 125 Å². The molecule has 2 rings (SSSR count). The number of nitrogens with zero attached hydrogens (tertiary/aromatic N) is 1. The second-order valence-electron chi connectivity index (χ2n) is 3.77. The van der Waals surface area contributed by atoms with Crippen LogP contribution in [0.4, 0.5) is 11.4 Å². The average Bonchev–Trinajstić information content (AvgIpc) is 2.39.